The van der Waals surface area contributed by atoms with E-state index < -0.39 is 11.7 Å². The number of carbonyl (C=O) groups excluding carboxylic acids is 1. The molecule has 2 saturated heterocycles. The molecule has 0 saturated carbocycles. The van der Waals surface area contributed by atoms with E-state index in [1.54, 1.807) is 19.2 Å². The molecule has 1 amide bonds. The van der Waals surface area contributed by atoms with Crippen LogP contribution in [0.4, 0.5) is 18.9 Å². The molecule has 2 aliphatic rings. The van der Waals surface area contributed by atoms with E-state index >= 15 is 0 Å². The Morgan fingerprint density at radius 1 is 1.19 bits per heavy atom. The lowest BCUT2D eigenvalue weighted by molar-refractivity contribution is -0.137. The highest BCUT2D eigenvalue weighted by molar-refractivity contribution is 5.98. The third-order valence-electron chi connectivity index (χ3n) is 7.82. The van der Waals surface area contributed by atoms with Gasteiger partial charge in [0.1, 0.15) is 0 Å². The number of halogens is 3. The topological polar surface area (TPSA) is 72.4 Å². The van der Waals surface area contributed by atoms with Crippen LogP contribution in [-0.2, 0) is 10.9 Å². The number of rotatable bonds is 4. The largest absolute Gasteiger partial charge is 0.417 e. The number of nitrogens with zero attached hydrogens (tertiary/aromatic N) is 3. The van der Waals surface area contributed by atoms with Crippen LogP contribution >= 0.6 is 0 Å². The third-order valence-corrected chi connectivity index (χ3v) is 7.82. The molecule has 6 nitrogen and oxygen atoms in total. The predicted molar refractivity (Wildman–Crippen MR) is 130 cm³/mol. The summed E-state index contributed by atoms with van der Waals surface area (Å²) in [5.74, 6) is 0.112. The zero-order valence-corrected chi connectivity index (χ0v) is 19.9. The number of benzene rings is 2. The predicted octanol–water partition coefficient (Wildman–Crippen LogP) is 5.06. The number of likely N-dealkylation sites (tertiary alicyclic amines) is 1. The van der Waals surface area contributed by atoms with Gasteiger partial charge in [-0.3, -0.25) is 4.79 Å². The smallest absolute Gasteiger partial charge is 0.384 e. The highest BCUT2D eigenvalue weighted by Crippen LogP contribution is 2.47. The van der Waals surface area contributed by atoms with Gasteiger partial charge in [-0.15, -0.1) is 0 Å². The standard InChI is InChI=1S/C27H27F3N4O2/c1-36-16-21-15-34(22-5-4-20(14-31)23(13-22)27(28,29)30)17-26(21)7-10-33(11-8-26)25(35)19-3-2-18-6-9-32-24(18)12-19/h2-6,9,12-13,21,32H,7-8,10-11,15-17H2,1H3. The first-order valence-corrected chi connectivity index (χ1v) is 12.0. The second-order valence-corrected chi connectivity index (χ2v) is 9.81. The van der Waals surface area contributed by atoms with Gasteiger partial charge in [-0.2, -0.15) is 18.4 Å². The number of carbonyl (C=O) groups is 1. The normalized spacial score (nSPS) is 19.7. The molecule has 1 N–H and O–H groups in total. The summed E-state index contributed by atoms with van der Waals surface area (Å²) < 4.78 is 46.1. The molecule has 0 radical (unpaired) electrons. The Kier molecular flexibility index (Phi) is 6.17. The van der Waals surface area contributed by atoms with Gasteiger partial charge in [0.2, 0.25) is 0 Å². The summed E-state index contributed by atoms with van der Waals surface area (Å²) in [6.07, 6.45) is -1.26. The van der Waals surface area contributed by atoms with Crippen molar-refractivity contribution < 1.29 is 22.7 Å². The van der Waals surface area contributed by atoms with Gasteiger partial charge in [0, 0.05) is 62.2 Å². The number of methoxy groups -OCH3 is 1. The molecule has 3 aromatic rings. The molecule has 36 heavy (non-hydrogen) atoms. The SMILES string of the molecule is COCC1CN(c2ccc(C#N)c(C(F)(F)F)c2)CC12CCN(C(=O)c1ccc3cc[nH]c3c1)CC2. The first-order chi connectivity index (χ1) is 17.2. The van der Waals surface area contributed by atoms with Crippen LogP contribution in [0.2, 0.25) is 0 Å². The number of hydrogen-bond donors (Lipinski definition) is 1. The Bertz CT molecular complexity index is 1320. The molecule has 1 aromatic heterocycles. The molecule has 2 aromatic carbocycles. The number of aromatic nitrogens is 1. The van der Waals surface area contributed by atoms with Gasteiger partial charge in [-0.1, -0.05) is 6.07 Å². The number of piperidine rings is 1. The molecule has 188 valence electrons. The van der Waals surface area contributed by atoms with Crippen molar-refractivity contribution in [2.24, 2.45) is 11.3 Å². The minimum absolute atomic E-state index is 0.0126. The minimum Gasteiger partial charge on any atom is -0.384 e. The van der Waals surface area contributed by atoms with Crippen LogP contribution in [0.3, 0.4) is 0 Å². The molecule has 2 fully saturated rings. The van der Waals surface area contributed by atoms with E-state index in [2.05, 4.69) is 4.98 Å². The number of hydrogen-bond acceptors (Lipinski definition) is 4. The molecule has 1 atom stereocenters. The van der Waals surface area contributed by atoms with Crippen LogP contribution in [0.1, 0.15) is 34.3 Å². The van der Waals surface area contributed by atoms with Crippen molar-refractivity contribution >= 4 is 22.5 Å². The molecule has 1 spiro atoms. The van der Waals surface area contributed by atoms with Crippen molar-refractivity contribution in [3.05, 3.63) is 65.4 Å². The van der Waals surface area contributed by atoms with Gasteiger partial charge in [-0.25, -0.2) is 0 Å². The maximum Gasteiger partial charge on any atom is 0.417 e. The van der Waals surface area contributed by atoms with Crippen molar-refractivity contribution in [2.45, 2.75) is 19.0 Å². The van der Waals surface area contributed by atoms with E-state index in [0.29, 0.717) is 44.0 Å². The maximum absolute atomic E-state index is 13.5. The first-order valence-electron chi connectivity index (χ1n) is 12.0. The first kappa shape index (κ1) is 24.2. The molecule has 9 heteroatoms. The fourth-order valence-electron chi connectivity index (χ4n) is 5.81. The summed E-state index contributed by atoms with van der Waals surface area (Å²) in [4.78, 5) is 20.2. The average Bonchev–Trinajstić information content (AvgIpc) is 3.48. The molecule has 0 bridgehead atoms. The van der Waals surface area contributed by atoms with E-state index in [4.69, 9.17) is 10.00 Å². The lowest BCUT2D eigenvalue weighted by Gasteiger charge is -2.42. The number of H-pyrrole nitrogens is 1. The van der Waals surface area contributed by atoms with E-state index in [1.807, 2.05) is 40.3 Å². The number of nitrogens with one attached hydrogen (secondary N) is 1. The summed E-state index contributed by atoms with van der Waals surface area (Å²) >= 11 is 0. The van der Waals surface area contributed by atoms with Crippen LogP contribution in [0.15, 0.2) is 48.7 Å². The quantitative estimate of drug-likeness (QED) is 0.548. The minimum atomic E-state index is -4.60. The van der Waals surface area contributed by atoms with Crippen LogP contribution in [-0.4, -0.2) is 55.7 Å². The number of alkyl halides is 3. The molecular weight excluding hydrogens is 469 g/mol. The summed E-state index contributed by atoms with van der Waals surface area (Å²) in [5, 5.41) is 10.2. The van der Waals surface area contributed by atoms with E-state index in [9.17, 15) is 18.0 Å². The Morgan fingerprint density at radius 3 is 2.67 bits per heavy atom. The maximum atomic E-state index is 13.5. The Hall–Kier alpha value is -3.51. The van der Waals surface area contributed by atoms with Gasteiger partial charge in [0.05, 0.1) is 23.8 Å². The highest BCUT2D eigenvalue weighted by Gasteiger charge is 2.49. The van der Waals surface area contributed by atoms with Gasteiger partial charge in [-0.05, 0) is 60.0 Å². The number of ether oxygens (including phenoxy) is 1. The Balaban J connectivity index is 1.34. The second kappa shape index (κ2) is 9.17. The molecule has 0 aliphatic carbocycles. The van der Waals surface area contributed by atoms with Crippen molar-refractivity contribution in [3.8, 4) is 6.07 Å². The van der Waals surface area contributed by atoms with Gasteiger partial charge >= 0.3 is 6.18 Å². The third kappa shape index (κ3) is 4.30. The highest BCUT2D eigenvalue weighted by atomic mass is 19.4. The van der Waals surface area contributed by atoms with Gasteiger partial charge in [0.25, 0.3) is 5.91 Å². The van der Waals surface area contributed by atoms with Crippen LogP contribution < -0.4 is 4.90 Å². The molecule has 2 aliphatic heterocycles. The fourth-order valence-corrected chi connectivity index (χ4v) is 5.81. The molecule has 1 unspecified atom stereocenters. The van der Waals surface area contributed by atoms with E-state index in [0.717, 1.165) is 29.8 Å². The number of nitriles is 1. The monoisotopic (exact) mass is 496 g/mol. The summed E-state index contributed by atoms with van der Waals surface area (Å²) in [6.45, 7) is 2.80. The Labute approximate surface area is 207 Å². The molecule has 5 rings (SSSR count). The zero-order chi connectivity index (χ0) is 25.5. The number of aromatic amines is 1. The molecule has 3 heterocycles. The molecular formula is C27H27F3N4O2. The van der Waals surface area contributed by atoms with Crippen molar-refractivity contribution in [2.75, 3.05) is 44.8 Å². The van der Waals surface area contributed by atoms with Gasteiger partial charge in [0.15, 0.2) is 0 Å². The van der Waals surface area contributed by atoms with E-state index in [1.165, 1.54) is 6.07 Å². The lowest BCUT2D eigenvalue weighted by atomic mass is 9.71. The van der Waals surface area contributed by atoms with Crippen LogP contribution in [0.5, 0.6) is 0 Å². The van der Waals surface area contributed by atoms with Crippen molar-refractivity contribution in [1.29, 1.82) is 5.26 Å². The number of amides is 1. The zero-order valence-electron chi connectivity index (χ0n) is 19.9. The fraction of sp³-hybridized carbons (Fsp3) is 0.407. The Morgan fingerprint density at radius 2 is 1.97 bits per heavy atom. The van der Waals surface area contributed by atoms with Gasteiger partial charge < -0.3 is 19.5 Å². The lowest BCUT2D eigenvalue weighted by Crippen LogP contribution is -2.47. The second-order valence-electron chi connectivity index (χ2n) is 9.81. The number of anilines is 1. The summed E-state index contributed by atoms with van der Waals surface area (Å²) in [5.41, 5.74) is 0.560. The van der Waals surface area contributed by atoms with Crippen molar-refractivity contribution in [1.82, 2.24) is 9.88 Å². The summed E-state index contributed by atoms with van der Waals surface area (Å²) in [6, 6.07) is 13.2. The number of fused-ring (bicyclic) bond motifs is 1. The average molecular weight is 497 g/mol. The van der Waals surface area contributed by atoms with Crippen LogP contribution in [0, 0.1) is 22.7 Å². The van der Waals surface area contributed by atoms with E-state index in [-0.39, 0.29) is 22.8 Å². The van der Waals surface area contributed by atoms with Crippen molar-refractivity contribution in [3.63, 3.8) is 0 Å². The summed E-state index contributed by atoms with van der Waals surface area (Å²) in [7, 11) is 1.63. The van der Waals surface area contributed by atoms with Crippen LogP contribution in [0.25, 0.3) is 10.9 Å².